The Hall–Kier alpha value is -0.900. The Morgan fingerprint density at radius 2 is 2.33 bits per heavy atom. The average molecular weight is 230 g/mol. The Labute approximate surface area is 93.1 Å². The van der Waals surface area contributed by atoms with Crippen molar-refractivity contribution < 1.29 is 4.39 Å². The van der Waals surface area contributed by atoms with Gasteiger partial charge in [-0.25, -0.2) is 9.37 Å². The van der Waals surface area contributed by atoms with E-state index >= 15 is 0 Å². The standard InChI is InChI=1S/C10H13ClFN3/c1-2-10(4-3-5-10)15-8-7(12)6-13-9(11)14-8/h6H,2-5H2,1H3,(H,13,14,15). The Morgan fingerprint density at radius 3 is 2.87 bits per heavy atom. The van der Waals surface area contributed by atoms with E-state index in [2.05, 4.69) is 22.2 Å². The molecule has 0 bridgehead atoms. The molecule has 1 N–H and O–H groups in total. The van der Waals surface area contributed by atoms with Crippen molar-refractivity contribution in [3.63, 3.8) is 0 Å². The van der Waals surface area contributed by atoms with E-state index < -0.39 is 5.82 Å². The van der Waals surface area contributed by atoms with Crippen LogP contribution in [0, 0.1) is 5.82 Å². The molecule has 2 rings (SSSR count). The van der Waals surface area contributed by atoms with Gasteiger partial charge in [-0.3, -0.25) is 0 Å². The third-order valence-electron chi connectivity index (χ3n) is 3.09. The zero-order valence-corrected chi connectivity index (χ0v) is 9.31. The topological polar surface area (TPSA) is 37.8 Å². The number of aromatic nitrogens is 2. The molecule has 1 aromatic heterocycles. The summed E-state index contributed by atoms with van der Waals surface area (Å²) in [5.74, 6) is -0.226. The summed E-state index contributed by atoms with van der Waals surface area (Å²) in [4.78, 5) is 7.43. The number of rotatable bonds is 3. The van der Waals surface area contributed by atoms with Crippen LogP contribution in [0.25, 0.3) is 0 Å². The van der Waals surface area contributed by atoms with Gasteiger partial charge in [-0.15, -0.1) is 0 Å². The number of anilines is 1. The van der Waals surface area contributed by atoms with E-state index in [1.165, 1.54) is 6.42 Å². The van der Waals surface area contributed by atoms with Gasteiger partial charge in [-0.05, 0) is 37.3 Å². The van der Waals surface area contributed by atoms with Crippen LogP contribution in [-0.4, -0.2) is 15.5 Å². The quantitative estimate of drug-likeness (QED) is 0.810. The summed E-state index contributed by atoms with van der Waals surface area (Å²) in [6.45, 7) is 2.09. The molecule has 1 aliphatic rings. The molecular weight excluding hydrogens is 217 g/mol. The van der Waals surface area contributed by atoms with Gasteiger partial charge in [-0.2, -0.15) is 4.98 Å². The fourth-order valence-electron chi connectivity index (χ4n) is 1.85. The van der Waals surface area contributed by atoms with Crippen LogP contribution in [-0.2, 0) is 0 Å². The van der Waals surface area contributed by atoms with Gasteiger partial charge in [0, 0.05) is 5.54 Å². The minimum Gasteiger partial charge on any atom is -0.362 e. The van der Waals surface area contributed by atoms with Crippen LogP contribution in [0.4, 0.5) is 10.2 Å². The van der Waals surface area contributed by atoms with Gasteiger partial charge < -0.3 is 5.32 Å². The summed E-state index contributed by atoms with van der Waals surface area (Å²) in [5, 5.41) is 3.21. The SMILES string of the molecule is CCC1(Nc2nc(Cl)ncc2F)CCC1. The zero-order chi connectivity index (χ0) is 10.9. The fraction of sp³-hybridized carbons (Fsp3) is 0.600. The maximum atomic E-state index is 13.4. The second-order valence-electron chi connectivity index (χ2n) is 3.95. The van der Waals surface area contributed by atoms with Crippen molar-refractivity contribution in [3.05, 3.63) is 17.3 Å². The second-order valence-corrected chi connectivity index (χ2v) is 4.29. The van der Waals surface area contributed by atoms with E-state index in [4.69, 9.17) is 11.6 Å². The monoisotopic (exact) mass is 229 g/mol. The lowest BCUT2D eigenvalue weighted by Crippen LogP contribution is -2.44. The van der Waals surface area contributed by atoms with Crippen molar-refractivity contribution in [1.82, 2.24) is 9.97 Å². The van der Waals surface area contributed by atoms with Crippen molar-refractivity contribution in [3.8, 4) is 0 Å². The smallest absolute Gasteiger partial charge is 0.224 e. The summed E-state index contributed by atoms with van der Waals surface area (Å²) >= 11 is 5.62. The molecule has 0 atom stereocenters. The molecule has 82 valence electrons. The van der Waals surface area contributed by atoms with E-state index in [1.807, 2.05) is 0 Å². The lowest BCUT2D eigenvalue weighted by atomic mass is 9.75. The minimum absolute atomic E-state index is 0.0124. The van der Waals surface area contributed by atoms with Crippen molar-refractivity contribution in [1.29, 1.82) is 0 Å². The average Bonchev–Trinajstić information content (AvgIpc) is 2.17. The molecule has 5 heteroatoms. The maximum Gasteiger partial charge on any atom is 0.224 e. The van der Waals surface area contributed by atoms with Gasteiger partial charge in [-0.1, -0.05) is 6.92 Å². The second kappa shape index (κ2) is 3.93. The molecule has 1 aliphatic carbocycles. The first-order chi connectivity index (χ1) is 7.15. The molecule has 15 heavy (non-hydrogen) atoms. The van der Waals surface area contributed by atoms with Crippen molar-refractivity contribution in [2.75, 3.05) is 5.32 Å². The van der Waals surface area contributed by atoms with E-state index in [0.717, 1.165) is 25.5 Å². The number of hydrogen-bond acceptors (Lipinski definition) is 3. The summed E-state index contributed by atoms with van der Waals surface area (Å²) in [7, 11) is 0. The van der Waals surface area contributed by atoms with Gasteiger partial charge >= 0.3 is 0 Å². The van der Waals surface area contributed by atoms with E-state index in [9.17, 15) is 4.39 Å². The van der Waals surface area contributed by atoms with Crippen LogP contribution >= 0.6 is 11.6 Å². The number of nitrogens with zero attached hydrogens (tertiary/aromatic N) is 2. The van der Waals surface area contributed by atoms with Crippen LogP contribution in [0.1, 0.15) is 32.6 Å². The van der Waals surface area contributed by atoms with E-state index in [0.29, 0.717) is 0 Å². The molecule has 1 saturated carbocycles. The minimum atomic E-state index is -0.445. The van der Waals surface area contributed by atoms with Gasteiger partial charge in [0.15, 0.2) is 11.6 Å². The molecule has 3 nitrogen and oxygen atoms in total. The van der Waals surface area contributed by atoms with Crippen molar-refractivity contribution >= 4 is 17.4 Å². The lowest BCUT2D eigenvalue weighted by Gasteiger charge is -2.42. The fourth-order valence-corrected chi connectivity index (χ4v) is 1.99. The van der Waals surface area contributed by atoms with Gasteiger partial charge in [0.2, 0.25) is 5.28 Å². The predicted octanol–water partition coefficient (Wildman–Crippen LogP) is 3.01. The highest BCUT2D eigenvalue weighted by Gasteiger charge is 2.35. The third kappa shape index (κ3) is 2.04. The molecule has 0 aromatic carbocycles. The number of nitrogens with one attached hydrogen (secondary N) is 1. The molecular formula is C10H13ClFN3. The Kier molecular flexibility index (Phi) is 2.78. The van der Waals surface area contributed by atoms with Gasteiger partial charge in [0.25, 0.3) is 0 Å². The Balaban J connectivity index is 2.19. The summed E-state index contributed by atoms with van der Waals surface area (Å²) in [6.07, 6.45) is 5.37. The largest absolute Gasteiger partial charge is 0.362 e. The van der Waals surface area contributed by atoms with Crippen molar-refractivity contribution in [2.45, 2.75) is 38.1 Å². The number of halogens is 2. The summed E-state index contributed by atoms with van der Waals surface area (Å²) < 4.78 is 13.4. The first-order valence-electron chi connectivity index (χ1n) is 5.11. The highest BCUT2D eigenvalue weighted by atomic mass is 35.5. The molecule has 0 radical (unpaired) electrons. The van der Waals surface area contributed by atoms with E-state index in [-0.39, 0.29) is 16.6 Å². The molecule has 0 saturated heterocycles. The molecule has 0 amide bonds. The molecule has 0 spiro atoms. The van der Waals surface area contributed by atoms with Crippen LogP contribution in [0.15, 0.2) is 6.20 Å². The van der Waals surface area contributed by atoms with Crippen LogP contribution in [0.3, 0.4) is 0 Å². The summed E-state index contributed by atoms with van der Waals surface area (Å²) in [5.41, 5.74) is 0.0124. The highest BCUT2D eigenvalue weighted by molar-refractivity contribution is 6.28. The third-order valence-corrected chi connectivity index (χ3v) is 3.27. The highest BCUT2D eigenvalue weighted by Crippen LogP contribution is 2.37. The van der Waals surface area contributed by atoms with Crippen molar-refractivity contribution in [2.24, 2.45) is 0 Å². The molecule has 0 unspecified atom stereocenters. The first kappa shape index (κ1) is 10.6. The van der Waals surface area contributed by atoms with Crippen LogP contribution in [0.5, 0.6) is 0 Å². The first-order valence-corrected chi connectivity index (χ1v) is 5.49. The Morgan fingerprint density at radius 1 is 1.60 bits per heavy atom. The summed E-state index contributed by atoms with van der Waals surface area (Å²) in [6, 6.07) is 0. The molecule has 1 fully saturated rings. The molecule has 1 heterocycles. The van der Waals surface area contributed by atoms with Gasteiger partial charge in [0.05, 0.1) is 6.20 Å². The van der Waals surface area contributed by atoms with Gasteiger partial charge in [0.1, 0.15) is 0 Å². The van der Waals surface area contributed by atoms with Crippen LogP contribution in [0.2, 0.25) is 5.28 Å². The van der Waals surface area contributed by atoms with E-state index in [1.54, 1.807) is 0 Å². The molecule has 1 aromatic rings. The lowest BCUT2D eigenvalue weighted by molar-refractivity contribution is 0.267. The normalized spacial score (nSPS) is 18.3. The van der Waals surface area contributed by atoms with Crippen LogP contribution < -0.4 is 5.32 Å². The Bertz CT molecular complexity index is 360. The molecule has 0 aliphatic heterocycles. The number of hydrogen-bond donors (Lipinski definition) is 1. The predicted molar refractivity (Wildman–Crippen MR) is 57.5 cm³/mol. The maximum absolute atomic E-state index is 13.4. The zero-order valence-electron chi connectivity index (χ0n) is 8.56.